The van der Waals surface area contributed by atoms with Crippen LogP contribution < -0.4 is 5.32 Å². The van der Waals surface area contributed by atoms with E-state index in [0.29, 0.717) is 50.2 Å². The summed E-state index contributed by atoms with van der Waals surface area (Å²) in [4.78, 5) is 30.3. The second kappa shape index (κ2) is 11.4. The maximum absolute atomic E-state index is 12.7. The summed E-state index contributed by atoms with van der Waals surface area (Å²) in [6.07, 6.45) is 0.871. The number of carbonyl (C=O) groups excluding carboxylic acids is 2. The molecule has 0 spiro atoms. The van der Waals surface area contributed by atoms with E-state index in [0.717, 1.165) is 22.5 Å². The number of piperazine rings is 1. The van der Waals surface area contributed by atoms with Gasteiger partial charge in [-0.2, -0.15) is 0 Å². The highest BCUT2D eigenvalue weighted by molar-refractivity contribution is 7.99. The van der Waals surface area contributed by atoms with Crippen molar-refractivity contribution in [3.05, 3.63) is 52.2 Å². The largest absolute Gasteiger partial charge is 0.339 e. The van der Waals surface area contributed by atoms with Crippen molar-refractivity contribution >= 4 is 40.6 Å². The van der Waals surface area contributed by atoms with E-state index in [1.54, 1.807) is 16.0 Å². The summed E-state index contributed by atoms with van der Waals surface area (Å²) in [5, 5.41) is 17.5. The summed E-state index contributed by atoms with van der Waals surface area (Å²) in [7, 11) is 0. The van der Waals surface area contributed by atoms with Crippen LogP contribution in [0.2, 0.25) is 0 Å². The Morgan fingerprint density at radius 2 is 1.94 bits per heavy atom. The summed E-state index contributed by atoms with van der Waals surface area (Å²) in [6, 6.07) is 11.9. The van der Waals surface area contributed by atoms with E-state index in [2.05, 4.69) is 32.7 Å². The van der Waals surface area contributed by atoms with Gasteiger partial charge >= 0.3 is 0 Å². The first-order valence-corrected chi connectivity index (χ1v) is 12.8. The van der Waals surface area contributed by atoms with Crippen LogP contribution in [0.25, 0.3) is 0 Å². The second-order valence-electron chi connectivity index (χ2n) is 7.70. The minimum absolute atomic E-state index is 0.0243. The molecule has 1 aliphatic rings. The van der Waals surface area contributed by atoms with E-state index in [1.807, 2.05) is 46.7 Å². The standard InChI is InChI=1S/C22H27N7O2S2/c1-2-17-6-3-4-8-19(17)23-20(30)15-27-9-11-28(12-10-27)21(31)16-33-22-24-25-26-29(22)14-18-7-5-13-32-18/h3-8,13H,2,9-12,14-16H2,1H3,(H,23,30). The molecule has 9 nitrogen and oxygen atoms in total. The van der Waals surface area contributed by atoms with Gasteiger partial charge in [0.25, 0.3) is 0 Å². The monoisotopic (exact) mass is 485 g/mol. The zero-order chi connectivity index (χ0) is 23.0. The highest BCUT2D eigenvalue weighted by Gasteiger charge is 2.23. The Morgan fingerprint density at radius 3 is 2.70 bits per heavy atom. The van der Waals surface area contributed by atoms with Crippen LogP contribution in [-0.4, -0.2) is 80.3 Å². The fraction of sp³-hybridized carbons (Fsp3) is 0.409. The zero-order valence-electron chi connectivity index (χ0n) is 18.5. The van der Waals surface area contributed by atoms with Gasteiger partial charge in [-0.05, 0) is 39.9 Å². The van der Waals surface area contributed by atoms with Gasteiger partial charge in [-0.25, -0.2) is 4.68 Å². The lowest BCUT2D eigenvalue weighted by Gasteiger charge is -2.34. The van der Waals surface area contributed by atoms with Crippen LogP contribution >= 0.6 is 23.1 Å². The van der Waals surface area contributed by atoms with Crippen LogP contribution in [0.15, 0.2) is 46.9 Å². The lowest BCUT2D eigenvalue weighted by molar-refractivity contribution is -0.130. The molecular weight excluding hydrogens is 458 g/mol. The molecule has 0 atom stereocenters. The molecule has 3 aromatic rings. The molecule has 0 aliphatic carbocycles. The predicted molar refractivity (Wildman–Crippen MR) is 129 cm³/mol. The number of anilines is 1. The van der Waals surface area contributed by atoms with Crippen molar-refractivity contribution in [2.24, 2.45) is 0 Å². The van der Waals surface area contributed by atoms with Gasteiger partial charge in [-0.3, -0.25) is 14.5 Å². The van der Waals surface area contributed by atoms with Gasteiger partial charge < -0.3 is 10.2 Å². The molecule has 2 aromatic heterocycles. The number of aryl methyl sites for hydroxylation is 1. The van der Waals surface area contributed by atoms with Gasteiger partial charge in [0.1, 0.15) is 0 Å². The maximum Gasteiger partial charge on any atom is 0.238 e. The van der Waals surface area contributed by atoms with Gasteiger partial charge in [0.2, 0.25) is 17.0 Å². The molecule has 174 valence electrons. The minimum atomic E-state index is -0.0243. The average molecular weight is 486 g/mol. The van der Waals surface area contributed by atoms with Crippen molar-refractivity contribution < 1.29 is 9.59 Å². The van der Waals surface area contributed by atoms with Crippen molar-refractivity contribution in [1.29, 1.82) is 0 Å². The molecule has 1 fully saturated rings. The summed E-state index contributed by atoms with van der Waals surface area (Å²) >= 11 is 3.01. The Morgan fingerprint density at radius 1 is 1.12 bits per heavy atom. The van der Waals surface area contributed by atoms with Gasteiger partial charge in [0.15, 0.2) is 0 Å². The number of hydrogen-bond acceptors (Lipinski definition) is 8. The summed E-state index contributed by atoms with van der Waals surface area (Å²) in [5.74, 6) is 0.328. The van der Waals surface area contributed by atoms with Gasteiger partial charge in [0.05, 0.1) is 18.8 Å². The molecular formula is C22H27N7O2S2. The third-order valence-electron chi connectivity index (χ3n) is 5.47. The Bertz CT molecular complexity index is 1060. The summed E-state index contributed by atoms with van der Waals surface area (Å²) in [6.45, 7) is 5.57. The molecule has 11 heteroatoms. The van der Waals surface area contributed by atoms with Crippen LogP contribution in [0.1, 0.15) is 17.4 Å². The lowest BCUT2D eigenvalue weighted by atomic mass is 10.1. The molecule has 1 aliphatic heterocycles. The van der Waals surface area contributed by atoms with Crippen LogP contribution in [0.3, 0.4) is 0 Å². The van der Waals surface area contributed by atoms with Gasteiger partial charge in [-0.15, -0.1) is 16.4 Å². The van der Waals surface area contributed by atoms with E-state index in [9.17, 15) is 9.59 Å². The molecule has 33 heavy (non-hydrogen) atoms. The molecule has 0 saturated carbocycles. The molecule has 0 radical (unpaired) electrons. The molecule has 2 amide bonds. The average Bonchev–Trinajstić information content (AvgIpc) is 3.51. The van der Waals surface area contributed by atoms with Gasteiger partial charge in [0, 0.05) is 36.7 Å². The Labute approximate surface area is 201 Å². The predicted octanol–water partition coefficient (Wildman–Crippen LogP) is 2.22. The SMILES string of the molecule is CCc1ccccc1NC(=O)CN1CCN(C(=O)CSc2nnnn2Cc2cccs2)CC1. The quantitative estimate of drug-likeness (QED) is 0.464. The van der Waals surface area contributed by atoms with Crippen LogP contribution in [-0.2, 0) is 22.6 Å². The number of rotatable bonds is 9. The summed E-state index contributed by atoms with van der Waals surface area (Å²) < 4.78 is 1.72. The lowest BCUT2D eigenvalue weighted by Crippen LogP contribution is -2.50. The normalized spacial score (nSPS) is 14.4. The topological polar surface area (TPSA) is 96.2 Å². The number of aromatic nitrogens is 4. The number of hydrogen-bond donors (Lipinski definition) is 1. The van der Waals surface area contributed by atoms with Crippen molar-refractivity contribution in [2.45, 2.75) is 25.0 Å². The number of benzene rings is 1. The number of tetrazole rings is 1. The van der Waals surface area contributed by atoms with Crippen molar-refractivity contribution in [3.63, 3.8) is 0 Å². The highest BCUT2D eigenvalue weighted by Crippen LogP contribution is 2.18. The third kappa shape index (κ3) is 6.40. The molecule has 1 N–H and O–H groups in total. The van der Waals surface area contributed by atoms with Crippen LogP contribution in [0, 0.1) is 0 Å². The minimum Gasteiger partial charge on any atom is -0.339 e. The number of carbonyl (C=O) groups is 2. The van der Waals surface area contributed by atoms with E-state index < -0.39 is 0 Å². The smallest absolute Gasteiger partial charge is 0.238 e. The molecule has 3 heterocycles. The fourth-order valence-electron chi connectivity index (χ4n) is 3.67. The number of amides is 2. The van der Waals surface area contributed by atoms with E-state index in [4.69, 9.17) is 0 Å². The molecule has 0 unspecified atom stereocenters. The first kappa shape index (κ1) is 23.4. The number of nitrogens with zero attached hydrogens (tertiary/aromatic N) is 6. The molecule has 1 aromatic carbocycles. The molecule has 1 saturated heterocycles. The first-order chi connectivity index (χ1) is 16.1. The fourth-order valence-corrected chi connectivity index (χ4v) is 5.13. The highest BCUT2D eigenvalue weighted by atomic mass is 32.2. The first-order valence-electron chi connectivity index (χ1n) is 10.9. The Hall–Kier alpha value is -2.76. The Kier molecular flexibility index (Phi) is 8.08. The van der Waals surface area contributed by atoms with Gasteiger partial charge in [-0.1, -0.05) is 43.0 Å². The van der Waals surface area contributed by atoms with Crippen LogP contribution in [0.4, 0.5) is 5.69 Å². The van der Waals surface area contributed by atoms with Crippen molar-refractivity contribution in [1.82, 2.24) is 30.0 Å². The van der Waals surface area contributed by atoms with E-state index >= 15 is 0 Å². The van der Waals surface area contributed by atoms with Crippen LogP contribution in [0.5, 0.6) is 0 Å². The second-order valence-corrected chi connectivity index (χ2v) is 9.68. The Balaban J connectivity index is 1.20. The molecule has 0 bridgehead atoms. The zero-order valence-corrected chi connectivity index (χ0v) is 20.1. The molecule has 4 rings (SSSR count). The number of para-hydroxylation sites is 1. The van der Waals surface area contributed by atoms with Crippen molar-refractivity contribution in [2.75, 3.05) is 43.8 Å². The number of nitrogens with one attached hydrogen (secondary N) is 1. The summed E-state index contributed by atoms with van der Waals surface area (Å²) in [5.41, 5.74) is 2.00. The number of thiophene rings is 1. The maximum atomic E-state index is 12.7. The van der Waals surface area contributed by atoms with E-state index in [1.165, 1.54) is 11.8 Å². The third-order valence-corrected chi connectivity index (χ3v) is 7.28. The van der Waals surface area contributed by atoms with E-state index in [-0.39, 0.29) is 11.8 Å². The number of thioether (sulfide) groups is 1. The van der Waals surface area contributed by atoms with Crippen molar-refractivity contribution in [3.8, 4) is 0 Å².